The molecule has 0 aliphatic carbocycles. The second-order valence-corrected chi connectivity index (χ2v) is 7.22. The number of aryl methyl sites for hydroxylation is 2. The lowest BCUT2D eigenvalue weighted by molar-refractivity contribution is -0.135. The van der Waals surface area contributed by atoms with Crippen LogP contribution in [0, 0.1) is 19.8 Å². The van der Waals surface area contributed by atoms with E-state index >= 15 is 0 Å². The molecule has 1 saturated heterocycles. The van der Waals surface area contributed by atoms with Crippen molar-refractivity contribution < 1.29 is 9.53 Å². The molecule has 0 N–H and O–H groups in total. The highest BCUT2D eigenvalue weighted by molar-refractivity contribution is 7.18. The molecule has 22 heavy (non-hydrogen) atoms. The summed E-state index contributed by atoms with van der Waals surface area (Å²) in [6, 6.07) is 0. The Morgan fingerprint density at radius 2 is 2.27 bits per heavy atom. The SMILES string of the molecule is Cc1sc2ncnc(OCC(=O)N3CCCC(C)C3)c2c1C. The summed E-state index contributed by atoms with van der Waals surface area (Å²) in [5.41, 5.74) is 1.13. The van der Waals surface area contributed by atoms with E-state index in [0.717, 1.165) is 35.3 Å². The van der Waals surface area contributed by atoms with Gasteiger partial charge in [-0.3, -0.25) is 4.79 Å². The maximum atomic E-state index is 12.3. The number of aromatic nitrogens is 2. The minimum absolute atomic E-state index is 0.0444. The van der Waals surface area contributed by atoms with E-state index < -0.39 is 0 Å². The van der Waals surface area contributed by atoms with Crippen molar-refractivity contribution in [1.82, 2.24) is 14.9 Å². The molecule has 6 heteroatoms. The second-order valence-electron chi connectivity index (χ2n) is 6.02. The maximum Gasteiger partial charge on any atom is 0.260 e. The van der Waals surface area contributed by atoms with Gasteiger partial charge in [-0.1, -0.05) is 6.92 Å². The molecule has 1 amide bonds. The molecule has 1 aliphatic heterocycles. The molecule has 118 valence electrons. The summed E-state index contributed by atoms with van der Waals surface area (Å²) in [6.07, 6.45) is 3.78. The Balaban J connectivity index is 1.72. The minimum Gasteiger partial charge on any atom is -0.467 e. The van der Waals surface area contributed by atoms with Gasteiger partial charge < -0.3 is 9.64 Å². The van der Waals surface area contributed by atoms with Crippen LogP contribution in [0.3, 0.4) is 0 Å². The van der Waals surface area contributed by atoms with Crippen molar-refractivity contribution >= 4 is 27.5 Å². The highest BCUT2D eigenvalue weighted by atomic mass is 32.1. The molecule has 0 radical (unpaired) electrons. The van der Waals surface area contributed by atoms with E-state index in [4.69, 9.17) is 4.74 Å². The van der Waals surface area contributed by atoms with Crippen LogP contribution in [0.4, 0.5) is 0 Å². The lowest BCUT2D eigenvalue weighted by Gasteiger charge is -2.30. The quantitative estimate of drug-likeness (QED) is 0.873. The number of rotatable bonds is 3. The average molecular weight is 319 g/mol. The topological polar surface area (TPSA) is 55.3 Å². The summed E-state index contributed by atoms with van der Waals surface area (Å²) in [5, 5.41) is 0.935. The predicted octanol–water partition coefficient (Wildman–Crippen LogP) is 2.95. The Labute approximate surface area is 134 Å². The first-order chi connectivity index (χ1) is 10.6. The maximum absolute atomic E-state index is 12.3. The minimum atomic E-state index is 0.0444. The molecule has 0 spiro atoms. The predicted molar refractivity (Wildman–Crippen MR) is 87.4 cm³/mol. The van der Waals surface area contributed by atoms with E-state index in [1.54, 1.807) is 11.3 Å². The molecule has 0 bridgehead atoms. The number of nitrogens with zero attached hydrogens (tertiary/aromatic N) is 3. The molecule has 5 nitrogen and oxygen atoms in total. The van der Waals surface area contributed by atoms with Crippen LogP contribution < -0.4 is 4.74 Å². The standard InChI is InChI=1S/C16H21N3O2S/c1-10-5-4-6-19(7-10)13(20)8-21-15-14-11(2)12(3)22-16(14)18-9-17-15/h9-10H,4-8H2,1-3H3. The van der Waals surface area contributed by atoms with Gasteiger partial charge in [0.05, 0.1) is 5.39 Å². The van der Waals surface area contributed by atoms with Crippen LogP contribution in [-0.4, -0.2) is 40.5 Å². The first-order valence-electron chi connectivity index (χ1n) is 7.67. The summed E-state index contributed by atoms with van der Waals surface area (Å²) in [6.45, 7) is 8.00. The van der Waals surface area contributed by atoms with Gasteiger partial charge in [-0.15, -0.1) is 11.3 Å². The van der Waals surface area contributed by atoms with Gasteiger partial charge in [-0.25, -0.2) is 9.97 Å². The summed E-state index contributed by atoms with van der Waals surface area (Å²) in [4.78, 5) is 24.8. The Bertz CT molecular complexity index is 698. The molecule has 2 aromatic rings. The van der Waals surface area contributed by atoms with Gasteiger partial charge in [0.2, 0.25) is 5.88 Å². The molecule has 1 unspecified atom stereocenters. The van der Waals surface area contributed by atoms with Crippen molar-refractivity contribution in [2.75, 3.05) is 19.7 Å². The lowest BCUT2D eigenvalue weighted by Crippen LogP contribution is -2.41. The molecular weight excluding hydrogens is 298 g/mol. The molecule has 3 rings (SSSR count). The van der Waals surface area contributed by atoms with Crippen molar-refractivity contribution in [2.24, 2.45) is 5.92 Å². The molecule has 1 fully saturated rings. The normalized spacial score (nSPS) is 18.7. The summed E-state index contributed by atoms with van der Waals surface area (Å²) >= 11 is 1.63. The summed E-state index contributed by atoms with van der Waals surface area (Å²) in [7, 11) is 0. The fourth-order valence-corrected chi connectivity index (χ4v) is 3.88. The number of amides is 1. The van der Waals surface area contributed by atoms with Crippen molar-refractivity contribution in [1.29, 1.82) is 0 Å². The number of hydrogen-bond acceptors (Lipinski definition) is 5. The molecule has 0 saturated carbocycles. The second kappa shape index (κ2) is 6.20. The molecule has 2 aromatic heterocycles. The molecule has 1 aliphatic rings. The zero-order valence-corrected chi connectivity index (χ0v) is 14.1. The van der Waals surface area contributed by atoms with Gasteiger partial charge in [0.25, 0.3) is 5.91 Å². The largest absolute Gasteiger partial charge is 0.467 e. The van der Waals surface area contributed by atoms with Crippen LogP contribution in [-0.2, 0) is 4.79 Å². The van der Waals surface area contributed by atoms with Gasteiger partial charge in [0.15, 0.2) is 6.61 Å². The van der Waals surface area contributed by atoms with Crippen LogP contribution in [0.15, 0.2) is 6.33 Å². The van der Waals surface area contributed by atoms with Gasteiger partial charge in [0.1, 0.15) is 11.2 Å². The number of carbonyl (C=O) groups excluding carboxylic acids is 1. The number of thiophene rings is 1. The van der Waals surface area contributed by atoms with Gasteiger partial charge in [-0.05, 0) is 38.2 Å². The Hall–Kier alpha value is -1.69. The number of fused-ring (bicyclic) bond motifs is 1. The number of carbonyl (C=O) groups is 1. The Morgan fingerprint density at radius 3 is 3.05 bits per heavy atom. The Kier molecular flexibility index (Phi) is 4.29. The third kappa shape index (κ3) is 2.92. The van der Waals surface area contributed by atoms with Crippen LogP contribution in [0.2, 0.25) is 0 Å². The van der Waals surface area contributed by atoms with E-state index in [0.29, 0.717) is 11.8 Å². The fourth-order valence-electron chi connectivity index (χ4n) is 2.90. The summed E-state index contributed by atoms with van der Waals surface area (Å²) in [5.74, 6) is 1.14. The van der Waals surface area contributed by atoms with Crippen LogP contribution >= 0.6 is 11.3 Å². The van der Waals surface area contributed by atoms with Crippen LogP contribution in [0.25, 0.3) is 10.2 Å². The molecular formula is C16H21N3O2S. The third-order valence-electron chi connectivity index (χ3n) is 4.27. The van der Waals surface area contributed by atoms with Gasteiger partial charge in [-0.2, -0.15) is 0 Å². The van der Waals surface area contributed by atoms with Crippen molar-refractivity contribution in [2.45, 2.75) is 33.6 Å². The van der Waals surface area contributed by atoms with E-state index in [1.807, 2.05) is 11.8 Å². The highest BCUT2D eigenvalue weighted by Crippen LogP contribution is 2.33. The smallest absolute Gasteiger partial charge is 0.260 e. The first kappa shape index (κ1) is 15.2. The highest BCUT2D eigenvalue weighted by Gasteiger charge is 2.22. The van der Waals surface area contributed by atoms with E-state index in [9.17, 15) is 4.79 Å². The molecule has 1 atom stereocenters. The fraction of sp³-hybridized carbons (Fsp3) is 0.562. The van der Waals surface area contributed by atoms with Gasteiger partial charge >= 0.3 is 0 Å². The monoisotopic (exact) mass is 319 g/mol. The van der Waals surface area contributed by atoms with E-state index in [1.165, 1.54) is 17.6 Å². The number of likely N-dealkylation sites (tertiary alicyclic amines) is 1. The third-order valence-corrected chi connectivity index (χ3v) is 5.39. The van der Waals surface area contributed by atoms with Crippen molar-refractivity contribution in [3.63, 3.8) is 0 Å². The average Bonchev–Trinajstić information content (AvgIpc) is 2.80. The van der Waals surface area contributed by atoms with Crippen molar-refractivity contribution in [3.05, 3.63) is 16.8 Å². The van der Waals surface area contributed by atoms with E-state index in [-0.39, 0.29) is 12.5 Å². The van der Waals surface area contributed by atoms with Crippen LogP contribution in [0.5, 0.6) is 5.88 Å². The zero-order chi connectivity index (χ0) is 15.7. The summed E-state index contributed by atoms with van der Waals surface area (Å²) < 4.78 is 5.73. The molecule has 0 aromatic carbocycles. The molecule has 3 heterocycles. The number of piperidine rings is 1. The number of ether oxygens (including phenoxy) is 1. The Morgan fingerprint density at radius 1 is 1.45 bits per heavy atom. The lowest BCUT2D eigenvalue weighted by atomic mass is 10.0. The van der Waals surface area contributed by atoms with E-state index in [2.05, 4.69) is 23.8 Å². The number of hydrogen-bond donors (Lipinski definition) is 0. The van der Waals surface area contributed by atoms with Gasteiger partial charge in [0, 0.05) is 18.0 Å². The van der Waals surface area contributed by atoms with Crippen molar-refractivity contribution in [3.8, 4) is 5.88 Å². The van der Waals surface area contributed by atoms with Crippen LogP contribution in [0.1, 0.15) is 30.2 Å². The first-order valence-corrected chi connectivity index (χ1v) is 8.49. The zero-order valence-electron chi connectivity index (χ0n) is 13.3.